The Balaban J connectivity index is 1.84. The van der Waals surface area contributed by atoms with Gasteiger partial charge in [-0.1, -0.05) is 17.3 Å². The van der Waals surface area contributed by atoms with E-state index in [0.717, 1.165) is 28.4 Å². The fourth-order valence-electron chi connectivity index (χ4n) is 1.97. The van der Waals surface area contributed by atoms with Crippen molar-refractivity contribution in [3.63, 3.8) is 0 Å². The number of fused-ring (bicyclic) bond motifs is 1. The van der Waals surface area contributed by atoms with Crippen molar-refractivity contribution in [2.45, 2.75) is 13.5 Å². The molecule has 0 saturated carbocycles. The van der Waals surface area contributed by atoms with E-state index >= 15 is 0 Å². The quantitative estimate of drug-likeness (QED) is 0.766. The normalized spacial score (nSPS) is 11.0. The molecule has 3 rings (SSSR count). The monoisotopic (exact) mass is 242 g/mol. The van der Waals surface area contributed by atoms with Crippen molar-refractivity contribution >= 4 is 17.0 Å². The molecule has 0 radical (unpaired) electrons. The molecule has 2 aromatic heterocycles. The number of nitrogens with one attached hydrogen (secondary N) is 1. The predicted molar refractivity (Wildman–Crippen MR) is 69.3 cm³/mol. The molecule has 5 nitrogen and oxygen atoms in total. The third-order valence-electron chi connectivity index (χ3n) is 2.89. The lowest BCUT2D eigenvalue weighted by molar-refractivity contribution is 0.391. The van der Waals surface area contributed by atoms with Crippen molar-refractivity contribution in [2.24, 2.45) is 7.05 Å². The van der Waals surface area contributed by atoms with Crippen LogP contribution >= 0.6 is 0 Å². The Kier molecular flexibility index (Phi) is 2.51. The Labute approximate surface area is 104 Å². The zero-order valence-corrected chi connectivity index (χ0v) is 10.3. The maximum atomic E-state index is 5.02. The van der Waals surface area contributed by atoms with E-state index in [2.05, 4.69) is 15.5 Å². The molecule has 0 aliphatic rings. The first-order valence-electron chi connectivity index (χ1n) is 5.81. The van der Waals surface area contributed by atoms with Gasteiger partial charge in [-0.25, -0.2) is 4.98 Å². The van der Waals surface area contributed by atoms with Crippen LogP contribution in [0.4, 0.5) is 5.95 Å². The summed E-state index contributed by atoms with van der Waals surface area (Å²) in [6.07, 6.45) is 0. The van der Waals surface area contributed by atoms with Gasteiger partial charge in [-0.2, -0.15) is 0 Å². The number of aromatic nitrogens is 3. The Hall–Kier alpha value is -2.30. The average Bonchev–Trinajstić information content (AvgIpc) is 2.92. The van der Waals surface area contributed by atoms with Crippen LogP contribution in [0.2, 0.25) is 0 Å². The second-order valence-electron chi connectivity index (χ2n) is 4.27. The smallest absolute Gasteiger partial charge is 0.203 e. The summed E-state index contributed by atoms with van der Waals surface area (Å²) in [5.41, 5.74) is 2.97. The van der Waals surface area contributed by atoms with Gasteiger partial charge in [0.2, 0.25) is 5.95 Å². The number of aryl methyl sites for hydroxylation is 2. The molecule has 5 heteroatoms. The molecular formula is C13H14N4O. The van der Waals surface area contributed by atoms with Crippen LogP contribution < -0.4 is 5.32 Å². The van der Waals surface area contributed by atoms with Gasteiger partial charge in [0.25, 0.3) is 0 Å². The van der Waals surface area contributed by atoms with Crippen LogP contribution in [0.5, 0.6) is 0 Å². The zero-order chi connectivity index (χ0) is 12.5. The van der Waals surface area contributed by atoms with Crippen LogP contribution in [-0.2, 0) is 13.6 Å². The summed E-state index contributed by atoms with van der Waals surface area (Å²) in [6, 6.07) is 9.96. The highest BCUT2D eigenvalue weighted by molar-refractivity contribution is 5.78. The molecule has 0 aliphatic carbocycles. The fourth-order valence-corrected chi connectivity index (χ4v) is 1.97. The standard InChI is InChI=1S/C13H14N4O/c1-9-7-10(16-18-9)8-14-13-15-11-5-3-4-6-12(11)17(13)2/h3-7H,8H2,1-2H3,(H,14,15). The van der Waals surface area contributed by atoms with Gasteiger partial charge in [0, 0.05) is 13.1 Å². The van der Waals surface area contributed by atoms with Gasteiger partial charge in [0.1, 0.15) is 11.5 Å². The maximum absolute atomic E-state index is 5.02. The highest BCUT2D eigenvalue weighted by Gasteiger charge is 2.07. The minimum atomic E-state index is 0.606. The Morgan fingerprint density at radius 2 is 2.17 bits per heavy atom. The molecule has 92 valence electrons. The molecule has 0 saturated heterocycles. The molecule has 0 amide bonds. The number of nitrogens with zero attached hydrogens (tertiary/aromatic N) is 3. The summed E-state index contributed by atoms with van der Waals surface area (Å²) in [4.78, 5) is 4.53. The number of hydrogen-bond acceptors (Lipinski definition) is 4. The topological polar surface area (TPSA) is 55.9 Å². The maximum Gasteiger partial charge on any atom is 0.203 e. The molecule has 2 heterocycles. The lowest BCUT2D eigenvalue weighted by atomic mass is 10.3. The summed E-state index contributed by atoms with van der Waals surface area (Å²) in [5, 5.41) is 7.20. The minimum Gasteiger partial charge on any atom is -0.361 e. The van der Waals surface area contributed by atoms with Crippen LogP contribution in [0.1, 0.15) is 11.5 Å². The fraction of sp³-hybridized carbons (Fsp3) is 0.231. The number of imidazole rings is 1. The first-order chi connectivity index (χ1) is 8.74. The third-order valence-corrected chi connectivity index (χ3v) is 2.89. The van der Waals surface area contributed by atoms with Crippen molar-refractivity contribution in [1.82, 2.24) is 14.7 Å². The van der Waals surface area contributed by atoms with Gasteiger partial charge in [-0.05, 0) is 19.1 Å². The van der Waals surface area contributed by atoms with Gasteiger partial charge < -0.3 is 14.4 Å². The summed E-state index contributed by atoms with van der Waals surface area (Å²) in [5.74, 6) is 1.65. The lowest BCUT2D eigenvalue weighted by Gasteiger charge is -2.03. The van der Waals surface area contributed by atoms with Crippen LogP contribution in [-0.4, -0.2) is 14.7 Å². The van der Waals surface area contributed by atoms with E-state index in [1.807, 2.05) is 48.9 Å². The first-order valence-corrected chi connectivity index (χ1v) is 5.81. The molecule has 0 atom stereocenters. The molecule has 0 spiro atoms. The van der Waals surface area contributed by atoms with Gasteiger partial charge in [-0.15, -0.1) is 0 Å². The molecule has 0 aliphatic heterocycles. The Morgan fingerprint density at radius 3 is 2.89 bits per heavy atom. The van der Waals surface area contributed by atoms with Crippen LogP contribution in [0, 0.1) is 6.92 Å². The van der Waals surface area contributed by atoms with E-state index in [1.54, 1.807) is 0 Å². The summed E-state index contributed by atoms with van der Waals surface area (Å²) < 4.78 is 7.05. The molecule has 3 aromatic rings. The number of rotatable bonds is 3. The van der Waals surface area contributed by atoms with Gasteiger partial charge in [0.15, 0.2) is 0 Å². The van der Waals surface area contributed by atoms with E-state index in [4.69, 9.17) is 4.52 Å². The van der Waals surface area contributed by atoms with Crippen LogP contribution in [0.25, 0.3) is 11.0 Å². The number of anilines is 1. The number of benzene rings is 1. The lowest BCUT2D eigenvalue weighted by Crippen LogP contribution is -2.05. The second kappa shape index (κ2) is 4.18. The molecule has 1 N–H and O–H groups in total. The first kappa shape index (κ1) is 10.8. The summed E-state index contributed by atoms with van der Waals surface area (Å²) in [7, 11) is 1.99. The SMILES string of the molecule is Cc1cc(CNc2nc3ccccc3n2C)no1. The van der Waals surface area contributed by atoms with Crippen molar-refractivity contribution in [1.29, 1.82) is 0 Å². The number of hydrogen-bond donors (Lipinski definition) is 1. The van der Waals surface area contributed by atoms with Crippen molar-refractivity contribution in [2.75, 3.05) is 5.32 Å². The predicted octanol–water partition coefficient (Wildman–Crippen LogP) is 2.48. The second-order valence-corrected chi connectivity index (χ2v) is 4.27. The van der Waals surface area contributed by atoms with E-state index in [0.29, 0.717) is 6.54 Å². The minimum absolute atomic E-state index is 0.606. The highest BCUT2D eigenvalue weighted by Crippen LogP contribution is 2.18. The Morgan fingerprint density at radius 1 is 1.33 bits per heavy atom. The molecule has 1 aromatic carbocycles. The third kappa shape index (κ3) is 1.84. The zero-order valence-electron chi connectivity index (χ0n) is 10.3. The molecule has 0 fully saturated rings. The van der Waals surface area contributed by atoms with E-state index in [9.17, 15) is 0 Å². The summed E-state index contributed by atoms with van der Waals surface area (Å²) in [6.45, 7) is 2.49. The molecule has 18 heavy (non-hydrogen) atoms. The van der Waals surface area contributed by atoms with Crippen LogP contribution in [0.15, 0.2) is 34.9 Å². The van der Waals surface area contributed by atoms with Gasteiger partial charge in [0.05, 0.1) is 17.6 Å². The van der Waals surface area contributed by atoms with Crippen molar-refractivity contribution in [3.8, 4) is 0 Å². The van der Waals surface area contributed by atoms with Crippen molar-refractivity contribution < 1.29 is 4.52 Å². The molecular weight excluding hydrogens is 228 g/mol. The molecule has 0 bridgehead atoms. The number of para-hydroxylation sites is 2. The van der Waals surface area contributed by atoms with E-state index in [-0.39, 0.29) is 0 Å². The summed E-state index contributed by atoms with van der Waals surface area (Å²) >= 11 is 0. The van der Waals surface area contributed by atoms with Crippen LogP contribution in [0.3, 0.4) is 0 Å². The van der Waals surface area contributed by atoms with Gasteiger partial charge in [-0.3, -0.25) is 0 Å². The van der Waals surface area contributed by atoms with E-state index < -0.39 is 0 Å². The van der Waals surface area contributed by atoms with E-state index in [1.165, 1.54) is 0 Å². The highest BCUT2D eigenvalue weighted by atomic mass is 16.5. The van der Waals surface area contributed by atoms with Crippen molar-refractivity contribution in [3.05, 3.63) is 41.8 Å². The Bertz CT molecular complexity index is 683. The largest absolute Gasteiger partial charge is 0.361 e. The average molecular weight is 242 g/mol. The van der Waals surface area contributed by atoms with Gasteiger partial charge >= 0.3 is 0 Å². The molecule has 0 unspecified atom stereocenters.